The molecule has 4 aliphatic carbocycles. The number of fused-ring (bicyclic) bond motifs is 5. The van der Waals surface area contributed by atoms with Crippen molar-refractivity contribution >= 4 is 8.32 Å². The quantitative estimate of drug-likeness (QED) is 0.255. The first-order chi connectivity index (χ1) is 17.8. The van der Waals surface area contributed by atoms with Gasteiger partial charge in [-0.1, -0.05) is 84.0 Å². The number of hydrogen-bond acceptors (Lipinski definition) is 2. The summed E-state index contributed by atoms with van der Waals surface area (Å²) in [6.45, 7) is 21.4. The number of benzene rings is 1. The van der Waals surface area contributed by atoms with E-state index in [0.717, 1.165) is 36.9 Å². The fourth-order valence-corrected chi connectivity index (χ4v) is 10.7. The largest absolute Gasteiger partial charge is 0.414 e. The Labute approximate surface area is 235 Å². The van der Waals surface area contributed by atoms with E-state index in [1.165, 1.54) is 50.5 Å². The lowest BCUT2D eigenvalue weighted by molar-refractivity contribution is -0.123. The maximum Gasteiger partial charge on any atom is 0.192 e. The molecule has 3 fully saturated rings. The van der Waals surface area contributed by atoms with Crippen molar-refractivity contribution in [2.45, 2.75) is 117 Å². The molecule has 0 saturated heterocycles. The van der Waals surface area contributed by atoms with Crippen LogP contribution >= 0.6 is 0 Å². The Balaban J connectivity index is 1.21. The van der Waals surface area contributed by atoms with Crippen molar-refractivity contribution < 1.29 is 9.16 Å². The van der Waals surface area contributed by atoms with Crippen molar-refractivity contribution in [3.8, 4) is 0 Å². The van der Waals surface area contributed by atoms with Gasteiger partial charge in [0, 0.05) is 6.10 Å². The third kappa shape index (κ3) is 5.14. The summed E-state index contributed by atoms with van der Waals surface area (Å²) >= 11 is 0. The minimum atomic E-state index is -1.70. The molecule has 9 atom stereocenters. The van der Waals surface area contributed by atoms with Crippen molar-refractivity contribution in [1.82, 2.24) is 0 Å². The van der Waals surface area contributed by atoms with Crippen LogP contribution in [-0.2, 0) is 15.8 Å². The first kappa shape index (κ1) is 28.6. The zero-order valence-corrected chi connectivity index (χ0v) is 26.8. The van der Waals surface area contributed by atoms with Gasteiger partial charge in [0.25, 0.3) is 0 Å². The van der Waals surface area contributed by atoms with Gasteiger partial charge < -0.3 is 9.16 Å². The summed E-state index contributed by atoms with van der Waals surface area (Å²) in [6, 6.07) is 10.6. The second kappa shape index (κ2) is 10.5. The maximum absolute atomic E-state index is 6.98. The number of hydrogen-bond donors (Lipinski definition) is 0. The predicted octanol–water partition coefficient (Wildman–Crippen LogP) is 9.66. The summed E-state index contributed by atoms with van der Waals surface area (Å²) < 4.78 is 13.2. The summed E-state index contributed by atoms with van der Waals surface area (Å²) in [7, 11) is -1.70. The fourth-order valence-electron chi connectivity index (χ4n) is 9.29. The van der Waals surface area contributed by atoms with Gasteiger partial charge in [0.1, 0.15) is 0 Å². The van der Waals surface area contributed by atoms with Crippen molar-refractivity contribution in [3.05, 3.63) is 48.0 Å². The molecule has 38 heavy (non-hydrogen) atoms. The van der Waals surface area contributed by atoms with Gasteiger partial charge in [-0.05, 0) is 115 Å². The van der Waals surface area contributed by atoms with Gasteiger partial charge in [-0.15, -0.1) is 0 Å². The van der Waals surface area contributed by atoms with E-state index in [0.29, 0.717) is 33.8 Å². The maximum atomic E-state index is 6.98. The molecule has 212 valence electrons. The second-order valence-corrected chi connectivity index (χ2v) is 20.5. The molecule has 5 rings (SSSR count). The molecule has 1 aromatic carbocycles. The Hall–Kier alpha value is -0.903. The van der Waals surface area contributed by atoms with E-state index in [2.05, 4.69) is 97.1 Å². The van der Waals surface area contributed by atoms with Crippen molar-refractivity contribution in [1.29, 1.82) is 0 Å². The van der Waals surface area contributed by atoms with Crippen molar-refractivity contribution in [2.75, 3.05) is 6.61 Å². The minimum Gasteiger partial charge on any atom is -0.414 e. The minimum absolute atomic E-state index is 0.300. The number of ether oxygens (including phenoxy) is 1. The third-order valence-electron chi connectivity index (χ3n) is 12.6. The molecule has 0 radical (unpaired) electrons. The molecule has 0 heterocycles. The van der Waals surface area contributed by atoms with E-state index in [1.807, 2.05) is 0 Å². The van der Waals surface area contributed by atoms with E-state index in [4.69, 9.17) is 9.16 Å². The smallest absolute Gasteiger partial charge is 0.192 e. The Kier molecular flexibility index (Phi) is 7.90. The van der Waals surface area contributed by atoms with E-state index < -0.39 is 8.32 Å². The summed E-state index contributed by atoms with van der Waals surface area (Å²) in [5.41, 5.74) is 2.19. The average molecular weight is 537 g/mol. The van der Waals surface area contributed by atoms with Crippen LogP contribution in [0.15, 0.2) is 42.5 Å². The van der Waals surface area contributed by atoms with Crippen LogP contribution in [0.4, 0.5) is 0 Å². The standard InChI is InChI=1S/C35H56O2Si/c1-25(23-36-24-26-12-10-9-11-13-26)30-16-17-31-29-15-14-27-22-28(37-38(7,8)33(2,3)4)18-20-34(27,5)32(29)19-21-35(30,31)6/h9-13,16-17,25,27-32H,14-15,18-24H2,1-8H3/t25-,27?,28+,29+,30-,31+,32+,34+,35-/m1/s1. The molecule has 0 aliphatic heterocycles. The molecule has 4 aliphatic rings. The molecular weight excluding hydrogens is 480 g/mol. The number of rotatable bonds is 7. The normalized spacial score (nSPS) is 39.8. The molecule has 0 bridgehead atoms. The highest BCUT2D eigenvalue weighted by atomic mass is 28.4. The van der Waals surface area contributed by atoms with Crippen LogP contribution in [0.1, 0.15) is 92.1 Å². The Morgan fingerprint density at radius 3 is 2.37 bits per heavy atom. The summed E-state index contributed by atoms with van der Waals surface area (Å²) in [4.78, 5) is 0. The lowest BCUT2D eigenvalue weighted by atomic mass is 9.44. The van der Waals surface area contributed by atoms with Gasteiger partial charge in [-0.3, -0.25) is 0 Å². The van der Waals surface area contributed by atoms with Gasteiger partial charge in [-0.2, -0.15) is 0 Å². The molecule has 0 spiro atoms. The highest BCUT2D eigenvalue weighted by molar-refractivity contribution is 6.74. The SMILES string of the molecule is C[C@H](COCc1ccccc1)[C@H]1C=C[C@H]2[C@@H]3CCC4C[C@@H](O[Si](C)(C)C(C)(C)C)CC[C@]4(C)[C@H]3CC[C@]12C. The van der Waals surface area contributed by atoms with Gasteiger partial charge in [0.2, 0.25) is 0 Å². The van der Waals surface area contributed by atoms with Gasteiger partial charge in [0.05, 0.1) is 13.2 Å². The average Bonchev–Trinajstić information content (AvgIpc) is 3.21. The van der Waals surface area contributed by atoms with Crippen LogP contribution in [0.25, 0.3) is 0 Å². The topological polar surface area (TPSA) is 18.5 Å². The first-order valence-electron chi connectivity index (χ1n) is 15.8. The summed E-state index contributed by atoms with van der Waals surface area (Å²) in [6.07, 6.45) is 15.4. The molecule has 3 saturated carbocycles. The highest BCUT2D eigenvalue weighted by Crippen LogP contribution is 2.66. The molecule has 2 nitrogen and oxygen atoms in total. The zero-order chi connectivity index (χ0) is 27.3. The molecule has 0 amide bonds. The van der Waals surface area contributed by atoms with Crippen LogP contribution in [0.2, 0.25) is 18.1 Å². The van der Waals surface area contributed by atoms with E-state index in [-0.39, 0.29) is 0 Å². The predicted molar refractivity (Wildman–Crippen MR) is 162 cm³/mol. The Morgan fingerprint density at radius 2 is 1.66 bits per heavy atom. The van der Waals surface area contributed by atoms with E-state index in [1.54, 1.807) is 0 Å². The fraction of sp³-hybridized carbons (Fsp3) is 0.771. The summed E-state index contributed by atoms with van der Waals surface area (Å²) in [5, 5.41) is 0.300. The molecular formula is C35H56O2Si. The number of allylic oxidation sites excluding steroid dienone is 2. The zero-order valence-electron chi connectivity index (χ0n) is 25.8. The van der Waals surface area contributed by atoms with Crippen LogP contribution in [0.5, 0.6) is 0 Å². The molecule has 1 unspecified atom stereocenters. The van der Waals surface area contributed by atoms with E-state index >= 15 is 0 Å². The molecule has 0 N–H and O–H groups in total. The van der Waals surface area contributed by atoms with Crippen LogP contribution in [-0.4, -0.2) is 21.0 Å². The van der Waals surface area contributed by atoms with Gasteiger partial charge >= 0.3 is 0 Å². The van der Waals surface area contributed by atoms with Crippen LogP contribution in [0.3, 0.4) is 0 Å². The van der Waals surface area contributed by atoms with Crippen LogP contribution < -0.4 is 0 Å². The first-order valence-corrected chi connectivity index (χ1v) is 18.7. The lowest BCUT2D eigenvalue weighted by Crippen LogP contribution is -2.55. The third-order valence-corrected chi connectivity index (χ3v) is 17.1. The second-order valence-electron chi connectivity index (χ2n) is 15.8. The monoisotopic (exact) mass is 536 g/mol. The van der Waals surface area contributed by atoms with Crippen molar-refractivity contribution in [2.24, 2.45) is 46.3 Å². The Bertz CT molecular complexity index is 979. The molecule has 3 heteroatoms. The summed E-state index contributed by atoms with van der Waals surface area (Å²) in [5.74, 6) is 4.57. The van der Waals surface area contributed by atoms with Crippen molar-refractivity contribution in [3.63, 3.8) is 0 Å². The van der Waals surface area contributed by atoms with E-state index in [9.17, 15) is 0 Å². The van der Waals surface area contributed by atoms with Gasteiger partial charge in [0.15, 0.2) is 8.32 Å². The van der Waals surface area contributed by atoms with Crippen LogP contribution in [0, 0.1) is 46.3 Å². The molecule has 1 aromatic rings. The highest BCUT2D eigenvalue weighted by Gasteiger charge is 2.59. The Morgan fingerprint density at radius 1 is 0.947 bits per heavy atom. The molecule has 0 aromatic heterocycles. The lowest BCUT2D eigenvalue weighted by Gasteiger charge is -2.61. The van der Waals surface area contributed by atoms with Gasteiger partial charge in [-0.25, -0.2) is 0 Å².